The van der Waals surface area contributed by atoms with Gasteiger partial charge in [0, 0.05) is 19.0 Å². The number of aromatic nitrogens is 1. The highest BCUT2D eigenvalue weighted by Gasteiger charge is 2.25. The van der Waals surface area contributed by atoms with Gasteiger partial charge in [0.15, 0.2) is 5.75 Å². The number of carbonyl (C=O) groups is 1. The molecule has 1 N–H and O–H groups in total. The molecule has 0 saturated carbocycles. The fourth-order valence-electron chi connectivity index (χ4n) is 2.41. The zero-order valence-corrected chi connectivity index (χ0v) is 14.7. The van der Waals surface area contributed by atoms with Gasteiger partial charge in [-0.15, -0.1) is 0 Å². The molecule has 0 amide bonds. The van der Waals surface area contributed by atoms with E-state index < -0.39 is 12.1 Å². The third kappa shape index (κ3) is 3.63. The summed E-state index contributed by atoms with van der Waals surface area (Å²) in [5.74, 6) is -0.137. The molecule has 0 spiro atoms. The largest absolute Gasteiger partial charge is 0.425 e. The van der Waals surface area contributed by atoms with Crippen LogP contribution in [-0.2, 0) is 4.79 Å². The SMILES string of the molecule is CC(=O)Oc1cc(Br)n(C(C)C)c1C(O)c1ccc(C#N)cc1. The number of hydrogen-bond donors (Lipinski definition) is 1. The molecule has 1 heterocycles. The molecule has 2 aromatic rings. The first-order valence-corrected chi connectivity index (χ1v) is 7.91. The number of halogens is 1. The predicted octanol–water partition coefficient (Wildman–Crippen LogP) is 3.71. The van der Waals surface area contributed by atoms with Gasteiger partial charge in [-0.05, 0) is 47.5 Å². The number of aliphatic hydroxyl groups is 1. The number of esters is 1. The lowest BCUT2D eigenvalue weighted by atomic mass is 10.0. The topological polar surface area (TPSA) is 75.2 Å². The van der Waals surface area contributed by atoms with Crippen LogP contribution in [0.4, 0.5) is 0 Å². The van der Waals surface area contributed by atoms with Gasteiger partial charge in [-0.25, -0.2) is 0 Å². The maximum Gasteiger partial charge on any atom is 0.308 e. The third-order valence-electron chi connectivity index (χ3n) is 3.38. The third-order valence-corrected chi connectivity index (χ3v) is 3.99. The van der Waals surface area contributed by atoms with Gasteiger partial charge in [0.05, 0.1) is 21.9 Å². The summed E-state index contributed by atoms with van der Waals surface area (Å²) in [5.41, 5.74) is 1.62. The van der Waals surface area contributed by atoms with Crippen LogP contribution in [0, 0.1) is 11.3 Å². The van der Waals surface area contributed by atoms with E-state index in [0.29, 0.717) is 27.2 Å². The van der Waals surface area contributed by atoms with Crippen LogP contribution in [0.25, 0.3) is 0 Å². The van der Waals surface area contributed by atoms with E-state index >= 15 is 0 Å². The summed E-state index contributed by atoms with van der Waals surface area (Å²) in [6, 6.07) is 10.4. The molecule has 1 aromatic carbocycles. The first-order valence-electron chi connectivity index (χ1n) is 7.12. The van der Waals surface area contributed by atoms with Crippen LogP contribution in [-0.4, -0.2) is 15.6 Å². The number of aliphatic hydroxyl groups excluding tert-OH is 1. The predicted molar refractivity (Wildman–Crippen MR) is 89.0 cm³/mol. The van der Waals surface area contributed by atoms with Gasteiger partial charge in [0.1, 0.15) is 6.10 Å². The van der Waals surface area contributed by atoms with Crippen molar-refractivity contribution in [1.29, 1.82) is 5.26 Å². The maximum absolute atomic E-state index is 11.3. The van der Waals surface area contributed by atoms with Crippen LogP contribution in [0.15, 0.2) is 34.9 Å². The molecular weight excluding hydrogens is 360 g/mol. The minimum absolute atomic E-state index is 0.0525. The Morgan fingerprint density at radius 1 is 1.35 bits per heavy atom. The van der Waals surface area contributed by atoms with E-state index in [2.05, 4.69) is 15.9 Å². The Labute approximate surface area is 143 Å². The Hall–Kier alpha value is -2.10. The van der Waals surface area contributed by atoms with Crippen molar-refractivity contribution >= 4 is 21.9 Å². The summed E-state index contributed by atoms with van der Waals surface area (Å²) in [6.45, 7) is 5.26. The van der Waals surface area contributed by atoms with E-state index in [1.807, 2.05) is 24.5 Å². The molecule has 23 heavy (non-hydrogen) atoms. The van der Waals surface area contributed by atoms with E-state index in [1.165, 1.54) is 6.92 Å². The fraction of sp³-hybridized carbons (Fsp3) is 0.294. The Morgan fingerprint density at radius 3 is 2.43 bits per heavy atom. The molecular formula is C17H17BrN2O3. The van der Waals surface area contributed by atoms with Crippen molar-refractivity contribution in [3.8, 4) is 11.8 Å². The molecule has 6 heteroatoms. The van der Waals surface area contributed by atoms with Gasteiger partial charge in [0.2, 0.25) is 0 Å². The van der Waals surface area contributed by atoms with Crippen molar-refractivity contribution in [2.75, 3.05) is 0 Å². The number of nitrogens with zero attached hydrogens (tertiary/aromatic N) is 2. The zero-order valence-electron chi connectivity index (χ0n) is 13.1. The lowest BCUT2D eigenvalue weighted by molar-refractivity contribution is -0.132. The first kappa shape index (κ1) is 17.3. The van der Waals surface area contributed by atoms with Crippen molar-refractivity contribution < 1.29 is 14.6 Å². The average Bonchev–Trinajstić information content (AvgIpc) is 2.82. The number of benzene rings is 1. The minimum atomic E-state index is -0.981. The molecule has 0 aliphatic carbocycles. The van der Waals surface area contributed by atoms with Crippen LogP contribution in [0.2, 0.25) is 0 Å². The monoisotopic (exact) mass is 376 g/mol. The Bertz CT molecular complexity index is 757. The van der Waals surface area contributed by atoms with E-state index in [0.717, 1.165) is 0 Å². The molecule has 120 valence electrons. The van der Waals surface area contributed by atoms with Crippen LogP contribution in [0.1, 0.15) is 49.7 Å². The van der Waals surface area contributed by atoms with Crippen molar-refractivity contribution in [2.24, 2.45) is 0 Å². The summed E-state index contributed by atoms with van der Waals surface area (Å²) in [7, 11) is 0. The maximum atomic E-state index is 11.3. The summed E-state index contributed by atoms with van der Waals surface area (Å²) < 4.78 is 7.82. The van der Waals surface area contributed by atoms with E-state index in [1.54, 1.807) is 30.3 Å². The highest BCUT2D eigenvalue weighted by atomic mass is 79.9. The summed E-state index contributed by atoms with van der Waals surface area (Å²) >= 11 is 3.44. The van der Waals surface area contributed by atoms with Crippen LogP contribution >= 0.6 is 15.9 Å². The standard InChI is InChI=1S/C17H17BrN2O3/c1-10(2)20-15(18)8-14(23-11(3)21)16(20)17(22)13-6-4-12(9-19)5-7-13/h4-8,10,17,22H,1-3H3. The molecule has 1 atom stereocenters. The Morgan fingerprint density at radius 2 is 1.96 bits per heavy atom. The van der Waals surface area contributed by atoms with Gasteiger partial charge in [-0.2, -0.15) is 5.26 Å². The molecule has 0 radical (unpaired) electrons. The smallest absolute Gasteiger partial charge is 0.308 e. The summed E-state index contributed by atoms with van der Waals surface area (Å²) in [4.78, 5) is 11.3. The normalized spacial score (nSPS) is 12.0. The number of nitriles is 1. The second kappa shape index (κ2) is 6.99. The van der Waals surface area contributed by atoms with E-state index in [9.17, 15) is 9.90 Å². The molecule has 0 fully saturated rings. The Balaban J connectivity index is 2.54. The molecule has 1 aromatic heterocycles. The molecule has 0 bridgehead atoms. The Kier molecular flexibility index (Phi) is 5.24. The highest BCUT2D eigenvalue weighted by molar-refractivity contribution is 9.10. The summed E-state index contributed by atoms with van der Waals surface area (Å²) in [5, 5.41) is 19.6. The number of ether oxygens (including phenoxy) is 1. The lowest BCUT2D eigenvalue weighted by Gasteiger charge is -2.20. The van der Waals surface area contributed by atoms with E-state index in [4.69, 9.17) is 10.00 Å². The van der Waals surface area contributed by atoms with Crippen molar-refractivity contribution in [3.63, 3.8) is 0 Å². The van der Waals surface area contributed by atoms with Crippen molar-refractivity contribution in [2.45, 2.75) is 32.9 Å². The number of hydrogen-bond acceptors (Lipinski definition) is 4. The first-order chi connectivity index (χ1) is 10.8. The molecule has 2 rings (SSSR count). The van der Waals surface area contributed by atoms with Crippen molar-refractivity contribution in [1.82, 2.24) is 4.57 Å². The summed E-state index contributed by atoms with van der Waals surface area (Å²) in [6.07, 6.45) is -0.981. The van der Waals surface area contributed by atoms with Crippen LogP contribution < -0.4 is 4.74 Å². The molecule has 1 unspecified atom stereocenters. The number of rotatable bonds is 4. The van der Waals surface area contributed by atoms with Gasteiger partial charge in [-0.1, -0.05) is 12.1 Å². The van der Waals surface area contributed by atoms with Crippen molar-refractivity contribution in [3.05, 3.63) is 51.8 Å². The van der Waals surface area contributed by atoms with Crippen LogP contribution in [0.5, 0.6) is 5.75 Å². The van der Waals surface area contributed by atoms with Gasteiger partial charge in [-0.3, -0.25) is 4.79 Å². The highest BCUT2D eigenvalue weighted by Crippen LogP contribution is 2.37. The average molecular weight is 377 g/mol. The van der Waals surface area contributed by atoms with Crippen LogP contribution in [0.3, 0.4) is 0 Å². The minimum Gasteiger partial charge on any atom is -0.425 e. The van der Waals surface area contributed by atoms with Gasteiger partial charge < -0.3 is 14.4 Å². The number of carbonyl (C=O) groups excluding carboxylic acids is 1. The lowest BCUT2D eigenvalue weighted by Crippen LogP contribution is -2.13. The molecule has 5 nitrogen and oxygen atoms in total. The van der Waals surface area contributed by atoms with E-state index in [-0.39, 0.29) is 6.04 Å². The van der Waals surface area contributed by atoms with Gasteiger partial charge in [0.25, 0.3) is 0 Å². The molecule has 0 saturated heterocycles. The second-order valence-electron chi connectivity index (χ2n) is 5.41. The second-order valence-corrected chi connectivity index (χ2v) is 6.22. The molecule has 0 aliphatic heterocycles. The zero-order chi connectivity index (χ0) is 17.1. The molecule has 0 aliphatic rings. The quantitative estimate of drug-likeness (QED) is 0.825. The van der Waals surface area contributed by atoms with Gasteiger partial charge >= 0.3 is 5.97 Å². The fourth-order valence-corrected chi connectivity index (χ4v) is 3.22.